The summed E-state index contributed by atoms with van der Waals surface area (Å²) in [5.41, 5.74) is 3.13. The highest BCUT2D eigenvalue weighted by molar-refractivity contribution is 6.12. The Morgan fingerprint density at radius 1 is 0.795 bits per heavy atom. The van der Waals surface area contributed by atoms with Gasteiger partial charge in [0.25, 0.3) is 0 Å². The van der Waals surface area contributed by atoms with Crippen LogP contribution in [0.15, 0.2) is 109 Å². The molecule has 0 aliphatic rings. The molecule has 0 aliphatic heterocycles. The van der Waals surface area contributed by atoms with Gasteiger partial charge in [0.05, 0.1) is 6.61 Å². The molecule has 4 rings (SSSR count). The number of carboxylic acid groups (broad SMARTS) is 1. The molecule has 0 saturated carbocycles. The Hall–Kier alpha value is -4.91. The number of anilines is 2. The highest BCUT2D eigenvalue weighted by atomic mass is 16.5. The lowest BCUT2D eigenvalue weighted by atomic mass is 10.00. The van der Waals surface area contributed by atoms with Crippen LogP contribution < -0.4 is 15.0 Å². The molecule has 0 aliphatic carbocycles. The summed E-state index contributed by atoms with van der Waals surface area (Å²) >= 11 is 0. The van der Waals surface area contributed by atoms with Crippen molar-refractivity contribution in [2.75, 3.05) is 23.4 Å². The number of ether oxygens (including phenoxy) is 1. The van der Waals surface area contributed by atoms with Gasteiger partial charge in [0.1, 0.15) is 11.8 Å². The number of amides is 1. The molecule has 0 aromatic heterocycles. The third-order valence-corrected chi connectivity index (χ3v) is 7.66. The highest BCUT2D eigenvalue weighted by Crippen LogP contribution is 2.23. The molecule has 0 saturated heterocycles. The lowest BCUT2D eigenvalue weighted by molar-refractivity contribution is -0.137. The van der Waals surface area contributed by atoms with Crippen molar-refractivity contribution < 1.29 is 24.2 Å². The van der Waals surface area contributed by atoms with Gasteiger partial charge < -0.3 is 20.1 Å². The first-order valence-electron chi connectivity index (χ1n) is 15.2. The van der Waals surface area contributed by atoms with Gasteiger partial charge >= 0.3 is 5.97 Å². The second-order valence-corrected chi connectivity index (χ2v) is 10.7. The molecule has 44 heavy (non-hydrogen) atoms. The Bertz CT molecular complexity index is 1500. The average molecular weight is 593 g/mol. The molecule has 0 unspecified atom stereocenters. The Morgan fingerprint density at radius 2 is 1.41 bits per heavy atom. The van der Waals surface area contributed by atoms with Crippen molar-refractivity contribution in [3.8, 4) is 5.75 Å². The summed E-state index contributed by atoms with van der Waals surface area (Å²) < 4.78 is 5.96. The van der Waals surface area contributed by atoms with Gasteiger partial charge in [0.2, 0.25) is 5.91 Å². The van der Waals surface area contributed by atoms with E-state index in [1.54, 1.807) is 48.5 Å². The summed E-state index contributed by atoms with van der Waals surface area (Å²) in [6, 6.07) is 32.0. The second kappa shape index (κ2) is 16.1. The van der Waals surface area contributed by atoms with Gasteiger partial charge in [-0.25, -0.2) is 4.79 Å². The highest BCUT2D eigenvalue weighted by Gasteiger charge is 2.23. The van der Waals surface area contributed by atoms with E-state index in [9.17, 15) is 19.5 Å². The smallest absolute Gasteiger partial charge is 0.326 e. The molecule has 1 amide bonds. The van der Waals surface area contributed by atoms with Gasteiger partial charge in [0, 0.05) is 41.4 Å². The molecule has 228 valence electrons. The Kier molecular flexibility index (Phi) is 11.7. The first kappa shape index (κ1) is 32.0. The number of nitrogens with zero attached hydrogens (tertiary/aromatic N) is 1. The number of carbonyl (C=O) groups excluding carboxylic acids is 2. The zero-order valence-corrected chi connectivity index (χ0v) is 25.3. The van der Waals surface area contributed by atoms with Gasteiger partial charge in [-0.15, -0.1) is 0 Å². The predicted octanol–water partition coefficient (Wildman–Crippen LogP) is 7.26. The number of carboxylic acids is 1. The van der Waals surface area contributed by atoms with Crippen LogP contribution in [0.25, 0.3) is 0 Å². The van der Waals surface area contributed by atoms with Crippen molar-refractivity contribution in [1.29, 1.82) is 0 Å². The zero-order chi connectivity index (χ0) is 31.3. The summed E-state index contributed by atoms with van der Waals surface area (Å²) in [7, 11) is 0. The number of aliphatic carboxylic acids is 1. The first-order valence-corrected chi connectivity index (χ1v) is 15.2. The molecule has 4 aromatic carbocycles. The predicted molar refractivity (Wildman–Crippen MR) is 174 cm³/mol. The molecule has 2 N–H and O–H groups in total. The van der Waals surface area contributed by atoms with Crippen molar-refractivity contribution in [3.05, 3.63) is 126 Å². The number of hydrogen-bond donors (Lipinski definition) is 2. The summed E-state index contributed by atoms with van der Waals surface area (Å²) in [5, 5.41) is 13.0. The van der Waals surface area contributed by atoms with Crippen molar-refractivity contribution in [1.82, 2.24) is 0 Å². The van der Waals surface area contributed by atoms with Crippen molar-refractivity contribution in [2.24, 2.45) is 5.92 Å². The fraction of sp³-hybridized carbons (Fsp3) is 0.270. The summed E-state index contributed by atoms with van der Waals surface area (Å²) in [5.74, 6) is -0.390. The Morgan fingerprint density at radius 3 is 2.05 bits per heavy atom. The minimum atomic E-state index is -1.02. The maximum atomic E-state index is 13.2. The Labute approximate surface area is 259 Å². The van der Waals surface area contributed by atoms with E-state index >= 15 is 0 Å². The number of carbonyl (C=O) groups is 3. The van der Waals surface area contributed by atoms with Crippen LogP contribution in [-0.4, -0.2) is 42.0 Å². The second-order valence-electron chi connectivity index (χ2n) is 10.7. The van der Waals surface area contributed by atoms with Gasteiger partial charge in [-0.1, -0.05) is 86.6 Å². The van der Waals surface area contributed by atoms with Crippen LogP contribution in [0.2, 0.25) is 0 Å². The quantitative estimate of drug-likeness (QED) is 0.105. The zero-order valence-electron chi connectivity index (χ0n) is 25.3. The summed E-state index contributed by atoms with van der Waals surface area (Å²) in [6.07, 6.45) is 2.48. The van der Waals surface area contributed by atoms with Crippen molar-refractivity contribution in [2.45, 2.75) is 45.6 Å². The van der Waals surface area contributed by atoms with Crippen LogP contribution in [0.3, 0.4) is 0 Å². The molecule has 0 fully saturated rings. The largest absolute Gasteiger partial charge is 0.494 e. The standard InChI is InChI=1S/C37H40N2O5/c1-3-28(4-2)36(41)39(30-16-9-6-10-17-30)24-13-25-44-31-22-20-27(21-23-31)26-34(37(42)43)38-33-19-12-11-18-32(33)35(40)29-14-7-5-8-15-29/h5-12,14-23,28,34,38H,3-4,13,24-26H2,1-2H3,(H,42,43)/t34-/m0/s1. The monoisotopic (exact) mass is 592 g/mol. The van der Waals surface area contributed by atoms with Crippen LogP contribution in [0.4, 0.5) is 11.4 Å². The van der Waals surface area contributed by atoms with Crippen LogP contribution >= 0.6 is 0 Å². The molecule has 7 nitrogen and oxygen atoms in total. The van der Waals surface area contributed by atoms with E-state index in [-0.39, 0.29) is 24.0 Å². The molecule has 0 heterocycles. The van der Waals surface area contributed by atoms with E-state index in [4.69, 9.17) is 4.74 Å². The SMILES string of the molecule is CCC(CC)C(=O)N(CCCOc1ccc(C[C@H](Nc2ccccc2C(=O)c2ccccc2)C(=O)O)cc1)c1ccccc1. The molecular weight excluding hydrogens is 552 g/mol. The van der Waals surface area contributed by atoms with Gasteiger partial charge in [-0.2, -0.15) is 0 Å². The molecule has 4 aromatic rings. The average Bonchev–Trinajstić information content (AvgIpc) is 3.06. The fourth-order valence-electron chi connectivity index (χ4n) is 5.14. The van der Waals surface area contributed by atoms with Crippen LogP contribution in [0.5, 0.6) is 5.75 Å². The van der Waals surface area contributed by atoms with Crippen LogP contribution in [0, 0.1) is 5.92 Å². The number of hydrogen-bond acceptors (Lipinski definition) is 5. The molecule has 1 atom stereocenters. The van der Waals surface area contributed by atoms with E-state index in [1.807, 2.05) is 79.4 Å². The number of benzene rings is 4. The minimum Gasteiger partial charge on any atom is -0.494 e. The van der Waals surface area contributed by atoms with E-state index in [0.29, 0.717) is 42.1 Å². The van der Waals surface area contributed by atoms with Gasteiger partial charge in [0.15, 0.2) is 5.78 Å². The number of ketones is 1. The van der Waals surface area contributed by atoms with E-state index in [2.05, 4.69) is 5.32 Å². The summed E-state index contributed by atoms with van der Waals surface area (Å²) in [4.78, 5) is 40.3. The van der Waals surface area contributed by atoms with Gasteiger partial charge in [-0.3, -0.25) is 9.59 Å². The van der Waals surface area contributed by atoms with Crippen LogP contribution in [-0.2, 0) is 16.0 Å². The van der Waals surface area contributed by atoms with Crippen molar-refractivity contribution >= 4 is 29.0 Å². The Balaban J connectivity index is 1.35. The minimum absolute atomic E-state index is 0.00869. The molecule has 7 heteroatoms. The topological polar surface area (TPSA) is 95.9 Å². The number of rotatable bonds is 16. The van der Waals surface area contributed by atoms with E-state index < -0.39 is 12.0 Å². The lowest BCUT2D eigenvalue weighted by Gasteiger charge is -2.26. The fourth-order valence-corrected chi connectivity index (χ4v) is 5.14. The summed E-state index contributed by atoms with van der Waals surface area (Å²) in [6.45, 7) is 5.08. The normalized spacial score (nSPS) is 11.5. The third-order valence-electron chi connectivity index (χ3n) is 7.66. The molecular formula is C37H40N2O5. The van der Waals surface area contributed by atoms with Gasteiger partial charge in [-0.05, 0) is 61.2 Å². The van der Waals surface area contributed by atoms with E-state index in [0.717, 1.165) is 24.1 Å². The molecule has 0 spiro atoms. The molecule has 0 radical (unpaired) electrons. The van der Waals surface area contributed by atoms with E-state index in [1.165, 1.54) is 0 Å². The molecule has 0 bridgehead atoms. The maximum Gasteiger partial charge on any atom is 0.326 e. The van der Waals surface area contributed by atoms with Crippen LogP contribution in [0.1, 0.15) is 54.6 Å². The first-order chi connectivity index (χ1) is 21.4. The lowest BCUT2D eigenvalue weighted by Crippen LogP contribution is -2.37. The third kappa shape index (κ3) is 8.57. The maximum absolute atomic E-state index is 13.2. The van der Waals surface area contributed by atoms with Crippen molar-refractivity contribution in [3.63, 3.8) is 0 Å². The number of para-hydroxylation sites is 2. The number of nitrogens with one attached hydrogen (secondary N) is 1.